The highest BCUT2D eigenvalue weighted by Crippen LogP contribution is 2.39. The van der Waals surface area contributed by atoms with Crippen molar-refractivity contribution >= 4 is 28.5 Å². The Kier molecular flexibility index (Phi) is 4.92. The first kappa shape index (κ1) is 18.5. The Balaban J connectivity index is 1.39. The summed E-state index contributed by atoms with van der Waals surface area (Å²) in [6.45, 7) is 0.625. The maximum atomic E-state index is 13.3. The fourth-order valence-corrected chi connectivity index (χ4v) is 4.89. The zero-order valence-corrected chi connectivity index (χ0v) is 16.9. The summed E-state index contributed by atoms with van der Waals surface area (Å²) in [5.41, 5.74) is 2.89. The van der Waals surface area contributed by atoms with Gasteiger partial charge in [0.15, 0.2) is 0 Å². The van der Waals surface area contributed by atoms with E-state index in [1.165, 1.54) is 0 Å². The molecule has 0 radical (unpaired) electrons. The van der Waals surface area contributed by atoms with Crippen LogP contribution in [0.15, 0.2) is 42.5 Å². The first-order chi connectivity index (χ1) is 14.2. The van der Waals surface area contributed by atoms with E-state index in [1.54, 1.807) is 0 Å². The van der Waals surface area contributed by atoms with Gasteiger partial charge in [-0.15, -0.1) is 0 Å². The van der Waals surface area contributed by atoms with Crippen LogP contribution in [0.3, 0.4) is 0 Å². The van der Waals surface area contributed by atoms with Crippen LogP contribution in [-0.4, -0.2) is 22.5 Å². The molecular formula is C23H24ClN3O2. The van der Waals surface area contributed by atoms with E-state index in [-0.39, 0.29) is 23.8 Å². The normalized spacial score (nSPS) is 24.0. The molecule has 1 saturated carbocycles. The average Bonchev–Trinajstić information content (AvgIpc) is 3.17. The van der Waals surface area contributed by atoms with Crippen molar-refractivity contribution in [1.82, 2.24) is 15.3 Å². The molecular weight excluding hydrogens is 386 g/mol. The molecule has 0 saturated heterocycles. The number of ether oxygens (including phenoxy) is 1. The van der Waals surface area contributed by atoms with Crippen molar-refractivity contribution in [1.29, 1.82) is 0 Å². The summed E-state index contributed by atoms with van der Waals surface area (Å²) >= 11 is 6.12. The highest BCUT2D eigenvalue weighted by Gasteiger charge is 2.35. The highest BCUT2D eigenvalue weighted by atomic mass is 35.5. The van der Waals surface area contributed by atoms with E-state index >= 15 is 0 Å². The van der Waals surface area contributed by atoms with E-state index in [0.717, 1.165) is 60.3 Å². The first-order valence-electron chi connectivity index (χ1n) is 10.4. The Bertz CT molecular complexity index is 1050. The number of amides is 1. The summed E-state index contributed by atoms with van der Waals surface area (Å²) in [5.74, 6) is 1.92. The number of rotatable bonds is 3. The number of imidazole rings is 1. The fraction of sp³-hybridized carbons (Fsp3) is 0.391. The molecule has 3 atom stereocenters. The van der Waals surface area contributed by atoms with Crippen molar-refractivity contribution in [3.05, 3.63) is 58.9 Å². The highest BCUT2D eigenvalue weighted by molar-refractivity contribution is 6.31. The smallest absolute Gasteiger partial charge is 0.224 e. The zero-order chi connectivity index (χ0) is 19.8. The Morgan fingerprint density at radius 3 is 2.93 bits per heavy atom. The summed E-state index contributed by atoms with van der Waals surface area (Å²) in [7, 11) is 0. The zero-order valence-electron chi connectivity index (χ0n) is 16.2. The molecule has 5 rings (SSSR count). The third-order valence-corrected chi connectivity index (χ3v) is 6.43. The van der Waals surface area contributed by atoms with Gasteiger partial charge in [-0.3, -0.25) is 4.79 Å². The number of nitrogens with zero attached hydrogens (tertiary/aromatic N) is 1. The summed E-state index contributed by atoms with van der Waals surface area (Å²) < 4.78 is 5.74. The van der Waals surface area contributed by atoms with E-state index in [4.69, 9.17) is 21.3 Å². The standard InChI is InChI=1S/C23H24ClN3O2/c24-14-9-10-19-20(13-14)26-22(25-19)15-5-1-2-6-16(15)23(28)27-18-11-12-29-21-8-4-3-7-17(18)21/h3-4,7-10,13,15-16,18H,1-2,5-6,11-12H2,(H,25,26)(H,27,28)/t15-,16+,18-/m1/s1. The number of H-pyrrole nitrogens is 1. The molecule has 2 aliphatic rings. The maximum Gasteiger partial charge on any atom is 0.224 e. The molecule has 1 aromatic heterocycles. The van der Waals surface area contributed by atoms with Crippen LogP contribution in [0.2, 0.25) is 5.02 Å². The minimum absolute atomic E-state index is 0.00417. The van der Waals surface area contributed by atoms with Gasteiger partial charge in [0.1, 0.15) is 11.6 Å². The van der Waals surface area contributed by atoms with Gasteiger partial charge in [-0.2, -0.15) is 0 Å². The van der Waals surface area contributed by atoms with Crippen molar-refractivity contribution in [2.75, 3.05) is 6.61 Å². The predicted octanol–water partition coefficient (Wildman–Crippen LogP) is 5.13. The number of carbonyl (C=O) groups is 1. The minimum Gasteiger partial charge on any atom is -0.493 e. The number of carbonyl (C=O) groups excluding carboxylic acids is 1. The molecule has 0 spiro atoms. The van der Waals surface area contributed by atoms with Crippen LogP contribution in [-0.2, 0) is 4.79 Å². The second-order valence-corrected chi connectivity index (χ2v) is 8.45. The quantitative estimate of drug-likeness (QED) is 0.630. The Hall–Kier alpha value is -2.53. The van der Waals surface area contributed by atoms with Gasteiger partial charge in [0, 0.05) is 28.8 Å². The maximum absolute atomic E-state index is 13.3. The van der Waals surface area contributed by atoms with Crippen molar-refractivity contribution in [3.63, 3.8) is 0 Å². The molecule has 2 heterocycles. The lowest BCUT2D eigenvalue weighted by atomic mass is 9.78. The number of nitrogens with one attached hydrogen (secondary N) is 2. The molecule has 1 aliphatic carbocycles. The number of hydrogen-bond acceptors (Lipinski definition) is 3. The summed E-state index contributed by atoms with van der Waals surface area (Å²) in [4.78, 5) is 21.5. The Labute approximate surface area is 174 Å². The monoisotopic (exact) mass is 409 g/mol. The molecule has 3 aromatic rings. The second kappa shape index (κ2) is 7.71. The molecule has 29 heavy (non-hydrogen) atoms. The van der Waals surface area contributed by atoms with Gasteiger partial charge < -0.3 is 15.0 Å². The number of halogens is 1. The molecule has 2 aromatic carbocycles. The molecule has 1 aliphatic heterocycles. The lowest BCUT2D eigenvalue weighted by molar-refractivity contribution is -0.127. The number of aromatic amines is 1. The number of benzene rings is 2. The van der Waals surface area contributed by atoms with Crippen LogP contribution < -0.4 is 10.1 Å². The molecule has 0 unspecified atom stereocenters. The average molecular weight is 410 g/mol. The van der Waals surface area contributed by atoms with Crippen LogP contribution in [0, 0.1) is 5.92 Å². The molecule has 6 heteroatoms. The van der Waals surface area contributed by atoms with Crippen LogP contribution in [0.4, 0.5) is 0 Å². The van der Waals surface area contributed by atoms with Gasteiger partial charge in [-0.1, -0.05) is 42.6 Å². The molecule has 1 fully saturated rings. The van der Waals surface area contributed by atoms with Gasteiger partial charge in [0.25, 0.3) is 0 Å². The van der Waals surface area contributed by atoms with E-state index in [9.17, 15) is 4.79 Å². The van der Waals surface area contributed by atoms with Gasteiger partial charge in [-0.05, 0) is 37.1 Å². The molecule has 150 valence electrons. The topological polar surface area (TPSA) is 67.0 Å². The van der Waals surface area contributed by atoms with Crippen LogP contribution >= 0.6 is 11.6 Å². The first-order valence-corrected chi connectivity index (χ1v) is 10.7. The second-order valence-electron chi connectivity index (χ2n) is 8.02. The molecule has 5 nitrogen and oxygen atoms in total. The van der Waals surface area contributed by atoms with Crippen molar-refractivity contribution < 1.29 is 9.53 Å². The Morgan fingerprint density at radius 1 is 1.14 bits per heavy atom. The number of hydrogen-bond donors (Lipinski definition) is 2. The SMILES string of the molecule is O=C(N[C@@H]1CCOc2ccccc21)[C@H]1CCCC[C@H]1c1nc2ccc(Cl)cc2[nH]1. The number of aromatic nitrogens is 2. The summed E-state index contributed by atoms with van der Waals surface area (Å²) in [6, 6.07) is 13.6. The number of fused-ring (bicyclic) bond motifs is 2. The summed E-state index contributed by atoms with van der Waals surface area (Å²) in [6.07, 6.45) is 4.84. The predicted molar refractivity (Wildman–Crippen MR) is 113 cm³/mol. The fourth-order valence-electron chi connectivity index (χ4n) is 4.72. The van der Waals surface area contributed by atoms with Crippen LogP contribution in [0.5, 0.6) is 5.75 Å². The minimum atomic E-state index is -0.0743. The molecule has 2 N–H and O–H groups in total. The lowest BCUT2D eigenvalue weighted by Gasteiger charge is -2.32. The van der Waals surface area contributed by atoms with Crippen LogP contribution in [0.1, 0.15) is 55.5 Å². The van der Waals surface area contributed by atoms with E-state index in [2.05, 4.69) is 10.3 Å². The molecule has 0 bridgehead atoms. The third kappa shape index (κ3) is 3.60. The van der Waals surface area contributed by atoms with Gasteiger partial charge in [0.2, 0.25) is 5.91 Å². The van der Waals surface area contributed by atoms with Crippen molar-refractivity contribution in [3.8, 4) is 5.75 Å². The van der Waals surface area contributed by atoms with Crippen molar-refractivity contribution in [2.24, 2.45) is 5.92 Å². The largest absolute Gasteiger partial charge is 0.493 e. The van der Waals surface area contributed by atoms with E-state index in [0.29, 0.717) is 11.6 Å². The summed E-state index contributed by atoms with van der Waals surface area (Å²) in [5, 5.41) is 3.99. The van der Waals surface area contributed by atoms with Gasteiger partial charge >= 0.3 is 0 Å². The van der Waals surface area contributed by atoms with E-state index < -0.39 is 0 Å². The number of para-hydroxylation sites is 1. The third-order valence-electron chi connectivity index (χ3n) is 6.19. The van der Waals surface area contributed by atoms with Gasteiger partial charge in [0.05, 0.1) is 23.7 Å². The van der Waals surface area contributed by atoms with Crippen molar-refractivity contribution in [2.45, 2.75) is 44.1 Å². The van der Waals surface area contributed by atoms with E-state index in [1.807, 2.05) is 42.5 Å². The molecule has 1 amide bonds. The van der Waals surface area contributed by atoms with Crippen LogP contribution in [0.25, 0.3) is 11.0 Å². The Morgan fingerprint density at radius 2 is 2.00 bits per heavy atom. The van der Waals surface area contributed by atoms with Gasteiger partial charge in [-0.25, -0.2) is 4.98 Å². The lowest BCUT2D eigenvalue weighted by Crippen LogP contribution is -2.39.